The van der Waals surface area contributed by atoms with Gasteiger partial charge >= 0.3 is 0 Å². The average Bonchev–Trinajstić information content (AvgIpc) is 2.40. The van der Waals surface area contributed by atoms with Crippen LogP contribution in [-0.4, -0.2) is 6.54 Å². The summed E-state index contributed by atoms with van der Waals surface area (Å²) in [5.41, 5.74) is 5.33. The summed E-state index contributed by atoms with van der Waals surface area (Å²) in [5.74, 6) is 0. The molecule has 2 aromatic carbocycles. The van der Waals surface area contributed by atoms with Gasteiger partial charge in [-0.25, -0.2) is 0 Å². The Morgan fingerprint density at radius 1 is 1.10 bits per heavy atom. The van der Waals surface area contributed by atoms with Crippen molar-refractivity contribution in [2.24, 2.45) is 0 Å². The highest BCUT2D eigenvalue weighted by Gasteiger charge is 2.18. The van der Waals surface area contributed by atoms with Crippen LogP contribution in [0.5, 0.6) is 0 Å². The molecule has 0 amide bonds. The Morgan fingerprint density at radius 2 is 1.85 bits per heavy atom. The van der Waals surface area contributed by atoms with Crippen molar-refractivity contribution >= 4 is 38.5 Å². The predicted molar refractivity (Wildman–Crippen MR) is 98.3 cm³/mol. The molecule has 1 N–H and O–H groups in total. The molecule has 0 spiro atoms. The second-order valence-electron chi connectivity index (χ2n) is 5.02. The summed E-state index contributed by atoms with van der Waals surface area (Å²) >= 11 is 6.00. The summed E-state index contributed by atoms with van der Waals surface area (Å²) in [6.07, 6.45) is 0. The fourth-order valence-electron chi connectivity index (χ4n) is 2.48. The zero-order valence-corrected chi connectivity index (χ0v) is 15.7. The van der Waals surface area contributed by atoms with Gasteiger partial charge < -0.3 is 5.32 Å². The van der Waals surface area contributed by atoms with Crippen molar-refractivity contribution in [3.63, 3.8) is 0 Å². The third-order valence-corrected chi connectivity index (χ3v) is 4.89. The van der Waals surface area contributed by atoms with Gasteiger partial charge in [-0.3, -0.25) is 0 Å². The fourth-order valence-corrected chi connectivity index (χ4v) is 3.50. The second kappa shape index (κ2) is 7.05. The quantitative estimate of drug-likeness (QED) is 0.626. The predicted octanol–water partition coefficient (Wildman–Crippen LogP) is 5.37. The lowest BCUT2D eigenvalue weighted by molar-refractivity contribution is 0.625. The highest BCUT2D eigenvalue weighted by molar-refractivity contribution is 14.1. The van der Waals surface area contributed by atoms with Crippen LogP contribution in [0.2, 0.25) is 0 Å². The van der Waals surface area contributed by atoms with Crippen molar-refractivity contribution in [1.82, 2.24) is 5.32 Å². The molecule has 106 valence electrons. The average molecular weight is 444 g/mol. The molecule has 2 rings (SSSR count). The summed E-state index contributed by atoms with van der Waals surface area (Å²) in [5, 5.41) is 3.62. The van der Waals surface area contributed by atoms with Crippen molar-refractivity contribution in [1.29, 1.82) is 0 Å². The number of rotatable bonds is 4. The van der Waals surface area contributed by atoms with Crippen LogP contribution >= 0.6 is 38.5 Å². The third-order valence-electron chi connectivity index (χ3n) is 3.41. The molecule has 0 aliphatic rings. The Balaban J connectivity index is 2.53. The van der Waals surface area contributed by atoms with Gasteiger partial charge in [0.1, 0.15) is 0 Å². The van der Waals surface area contributed by atoms with Gasteiger partial charge in [-0.1, -0.05) is 46.6 Å². The van der Waals surface area contributed by atoms with Crippen LogP contribution in [-0.2, 0) is 0 Å². The smallest absolute Gasteiger partial charge is 0.0590 e. The minimum absolute atomic E-state index is 0.241. The van der Waals surface area contributed by atoms with E-state index in [4.69, 9.17) is 0 Å². The van der Waals surface area contributed by atoms with Gasteiger partial charge in [0.05, 0.1) is 6.04 Å². The summed E-state index contributed by atoms with van der Waals surface area (Å²) in [4.78, 5) is 0. The van der Waals surface area contributed by atoms with Gasteiger partial charge in [0.25, 0.3) is 0 Å². The molecule has 0 saturated heterocycles. The molecular formula is C17H19BrIN. The maximum Gasteiger partial charge on any atom is 0.0590 e. The first-order valence-corrected chi connectivity index (χ1v) is 8.65. The van der Waals surface area contributed by atoms with Crippen molar-refractivity contribution in [3.8, 4) is 0 Å². The molecule has 20 heavy (non-hydrogen) atoms. The third kappa shape index (κ3) is 3.62. The fraction of sp³-hybridized carbons (Fsp3) is 0.294. The number of benzene rings is 2. The van der Waals surface area contributed by atoms with Crippen molar-refractivity contribution < 1.29 is 0 Å². The molecule has 0 heterocycles. The Kier molecular flexibility index (Phi) is 5.64. The highest BCUT2D eigenvalue weighted by Crippen LogP contribution is 2.30. The van der Waals surface area contributed by atoms with Crippen molar-refractivity contribution in [2.45, 2.75) is 26.8 Å². The van der Waals surface area contributed by atoms with Gasteiger partial charge in [-0.15, -0.1) is 0 Å². The zero-order valence-electron chi connectivity index (χ0n) is 12.0. The Hall–Kier alpha value is -0.390. The lowest BCUT2D eigenvalue weighted by Crippen LogP contribution is -2.23. The van der Waals surface area contributed by atoms with E-state index in [1.807, 2.05) is 0 Å². The van der Waals surface area contributed by atoms with E-state index in [-0.39, 0.29) is 6.04 Å². The monoisotopic (exact) mass is 443 g/mol. The topological polar surface area (TPSA) is 12.0 Å². The summed E-state index contributed by atoms with van der Waals surface area (Å²) in [6, 6.07) is 13.4. The Bertz CT molecular complexity index is 610. The summed E-state index contributed by atoms with van der Waals surface area (Å²) in [7, 11) is 0. The van der Waals surface area contributed by atoms with Crippen molar-refractivity contribution in [2.75, 3.05) is 6.54 Å². The normalized spacial score (nSPS) is 12.4. The Labute approximate surface area is 143 Å². The van der Waals surface area contributed by atoms with E-state index < -0.39 is 0 Å². The van der Waals surface area contributed by atoms with E-state index in [0.29, 0.717) is 0 Å². The first-order valence-electron chi connectivity index (χ1n) is 6.78. The van der Waals surface area contributed by atoms with Crippen LogP contribution in [0.25, 0.3) is 0 Å². The molecule has 0 radical (unpaired) electrons. The van der Waals surface area contributed by atoms with E-state index in [0.717, 1.165) is 11.0 Å². The van der Waals surface area contributed by atoms with E-state index in [1.54, 1.807) is 0 Å². The number of aryl methyl sites for hydroxylation is 2. The standard InChI is InChI=1S/C17H19BrIN/c1-4-20-17(14-7-5-11(2)9-12(14)3)15-10-13(18)6-8-16(15)19/h5-10,17,20H,4H2,1-3H3. The minimum Gasteiger partial charge on any atom is -0.306 e. The van der Waals surface area contributed by atoms with Crippen molar-refractivity contribution in [3.05, 3.63) is 66.7 Å². The molecular weight excluding hydrogens is 425 g/mol. The second-order valence-corrected chi connectivity index (χ2v) is 7.09. The van der Waals surface area contributed by atoms with Crippen LogP contribution in [0.4, 0.5) is 0 Å². The van der Waals surface area contributed by atoms with Gasteiger partial charge in [0.15, 0.2) is 0 Å². The lowest BCUT2D eigenvalue weighted by atomic mass is 9.94. The molecule has 1 atom stereocenters. The maximum atomic E-state index is 3.62. The SMILES string of the molecule is CCNC(c1ccc(C)cc1C)c1cc(Br)ccc1I. The van der Waals surface area contributed by atoms with Gasteiger partial charge in [0.2, 0.25) is 0 Å². The molecule has 1 nitrogen and oxygen atoms in total. The summed E-state index contributed by atoms with van der Waals surface area (Å²) in [6.45, 7) is 7.43. The maximum absolute atomic E-state index is 3.62. The number of halogens is 2. The number of hydrogen-bond acceptors (Lipinski definition) is 1. The molecule has 0 aliphatic heterocycles. The van der Waals surface area contributed by atoms with E-state index >= 15 is 0 Å². The molecule has 0 aliphatic carbocycles. The van der Waals surface area contributed by atoms with Gasteiger partial charge in [-0.2, -0.15) is 0 Å². The van der Waals surface area contributed by atoms with E-state index in [9.17, 15) is 0 Å². The van der Waals surface area contributed by atoms with Crippen LogP contribution in [0.3, 0.4) is 0 Å². The molecule has 2 aromatic rings. The van der Waals surface area contributed by atoms with Crippen LogP contribution < -0.4 is 5.32 Å². The first kappa shape index (κ1) is 16.0. The van der Waals surface area contributed by atoms with E-state index in [1.165, 1.54) is 25.8 Å². The molecule has 0 fully saturated rings. The minimum atomic E-state index is 0.241. The van der Waals surface area contributed by atoms with E-state index in [2.05, 4.69) is 101 Å². The van der Waals surface area contributed by atoms with Gasteiger partial charge in [-0.05, 0) is 77.9 Å². The lowest BCUT2D eigenvalue weighted by Gasteiger charge is -2.23. The highest BCUT2D eigenvalue weighted by atomic mass is 127. The molecule has 0 bridgehead atoms. The van der Waals surface area contributed by atoms with Crippen LogP contribution in [0.1, 0.15) is 35.2 Å². The molecule has 0 saturated carbocycles. The zero-order chi connectivity index (χ0) is 14.7. The van der Waals surface area contributed by atoms with Crippen LogP contribution in [0.15, 0.2) is 40.9 Å². The largest absolute Gasteiger partial charge is 0.306 e. The van der Waals surface area contributed by atoms with Crippen LogP contribution in [0, 0.1) is 17.4 Å². The Morgan fingerprint density at radius 3 is 2.50 bits per heavy atom. The first-order chi connectivity index (χ1) is 9.52. The van der Waals surface area contributed by atoms with Gasteiger partial charge in [0, 0.05) is 8.04 Å². The molecule has 0 aromatic heterocycles. The molecule has 3 heteroatoms. The molecule has 1 unspecified atom stereocenters. The number of nitrogens with one attached hydrogen (secondary N) is 1. The number of hydrogen-bond donors (Lipinski definition) is 1. The summed E-state index contributed by atoms with van der Waals surface area (Å²) < 4.78 is 2.41.